The maximum atomic E-state index is 12.9. The molecule has 2 fully saturated rings. The summed E-state index contributed by atoms with van der Waals surface area (Å²) >= 11 is 0. The molecule has 2 amide bonds. The van der Waals surface area contributed by atoms with Crippen molar-refractivity contribution in [3.63, 3.8) is 0 Å². The Morgan fingerprint density at radius 3 is 2.50 bits per heavy atom. The van der Waals surface area contributed by atoms with Crippen molar-refractivity contribution in [3.8, 4) is 0 Å². The molecule has 2 aliphatic rings. The minimum Gasteiger partial charge on any atom is -0.467 e. The third-order valence-corrected chi connectivity index (χ3v) is 5.19. The molecule has 1 aliphatic heterocycles. The molecule has 0 radical (unpaired) electrons. The number of amides is 2. The number of hydrogen-bond acceptors (Lipinski definition) is 6. The molecule has 8 nitrogen and oxygen atoms in total. The molecular weight excluding hydrogens is 364 g/mol. The van der Waals surface area contributed by atoms with Crippen LogP contribution in [0.4, 0.5) is 4.79 Å². The predicted octanol–water partition coefficient (Wildman–Crippen LogP) is 2.05. The third-order valence-electron chi connectivity index (χ3n) is 5.19. The maximum absolute atomic E-state index is 12.9. The summed E-state index contributed by atoms with van der Waals surface area (Å²) < 4.78 is 10.2. The van der Waals surface area contributed by atoms with E-state index in [0.29, 0.717) is 25.8 Å². The topological polar surface area (TPSA) is 102 Å². The number of carbonyl (C=O) groups excluding carboxylic acids is 4. The highest BCUT2D eigenvalue weighted by Crippen LogP contribution is 2.28. The molecule has 0 bridgehead atoms. The Hall–Kier alpha value is -2.12. The summed E-state index contributed by atoms with van der Waals surface area (Å²) in [6.45, 7) is 7.68. The van der Waals surface area contributed by atoms with Gasteiger partial charge in [0.2, 0.25) is 5.91 Å². The molecule has 1 heterocycles. The Kier molecular flexibility index (Phi) is 7.06. The first-order valence-corrected chi connectivity index (χ1v) is 9.92. The van der Waals surface area contributed by atoms with E-state index in [9.17, 15) is 19.2 Å². The van der Waals surface area contributed by atoms with Gasteiger partial charge >= 0.3 is 12.1 Å². The van der Waals surface area contributed by atoms with Crippen LogP contribution in [0.15, 0.2) is 0 Å². The number of carbonyl (C=O) groups is 4. The maximum Gasteiger partial charge on any atom is 0.410 e. The van der Waals surface area contributed by atoms with E-state index in [1.165, 1.54) is 12.0 Å². The van der Waals surface area contributed by atoms with E-state index in [2.05, 4.69) is 5.32 Å². The number of methoxy groups -OCH3 is 1. The first-order valence-electron chi connectivity index (χ1n) is 9.92. The van der Waals surface area contributed by atoms with Gasteiger partial charge in [0, 0.05) is 18.9 Å². The number of esters is 1. The monoisotopic (exact) mass is 396 g/mol. The van der Waals surface area contributed by atoms with E-state index >= 15 is 0 Å². The summed E-state index contributed by atoms with van der Waals surface area (Å²) in [6, 6.07) is -1.61. The normalized spacial score (nSPS) is 26.1. The Bertz CT molecular complexity index is 627. The fraction of sp³-hybridized carbons (Fsp3) is 0.800. The number of hydrogen-bond donors (Lipinski definition) is 1. The fourth-order valence-electron chi connectivity index (χ4n) is 3.86. The van der Waals surface area contributed by atoms with Crippen molar-refractivity contribution in [1.82, 2.24) is 10.2 Å². The van der Waals surface area contributed by atoms with Crippen LogP contribution >= 0.6 is 0 Å². The minimum absolute atomic E-state index is 0.119. The second-order valence-corrected chi connectivity index (χ2v) is 8.86. The molecular formula is C20H32N2O6. The summed E-state index contributed by atoms with van der Waals surface area (Å²) in [5, 5.41) is 2.71. The lowest BCUT2D eigenvalue weighted by Gasteiger charge is -2.29. The Balaban J connectivity index is 2.08. The molecule has 1 saturated heterocycles. The number of ether oxygens (including phenoxy) is 2. The Morgan fingerprint density at radius 1 is 1.29 bits per heavy atom. The van der Waals surface area contributed by atoms with Gasteiger partial charge in [-0.3, -0.25) is 14.5 Å². The number of ketones is 1. The predicted molar refractivity (Wildman–Crippen MR) is 101 cm³/mol. The second-order valence-electron chi connectivity index (χ2n) is 8.86. The van der Waals surface area contributed by atoms with E-state index in [-0.39, 0.29) is 24.0 Å². The summed E-state index contributed by atoms with van der Waals surface area (Å²) in [6.07, 6.45) is 2.20. The average Bonchev–Trinajstić information content (AvgIpc) is 3.18. The van der Waals surface area contributed by atoms with Gasteiger partial charge in [0.05, 0.1) is 7.11 Å². The molecule has 0 aromatic carbocycles. The van der Waals surface area contributed by atoms with Crippen LogP contribution in [0.3, 0.4) is 0 Å². The van der Waals surface area contributed by atoms with Crippen LogP contribution in [0, 0.1) is 11.8 Å². The molecule has 2 rings (SSSR count). The first kappa shape index (κ1) is 22.2. The quantitative estimate of drug-likeness (QED) is 0.714. The van der Waals surface area contributed by atoms with Crippen molar-refractivity contribution in [3.05, 3.63) is 0 Å². The van der Waals surface area contributed by atoms with E-state index in [4.69, 9.17) is 9.47 Å². The summed E-state index contributed by atoms with van der Waals surface area (Å²) in [5.41, 5.74) is -0.665. The molecule has 158 valence electrons. The molecule has 1 aliphatic carbocycles. The number of Topliss-reactive ketones (excluding diaryl/α,β-unsaturated/α-hetero) is 1. The fourth-order valence-corrected chi connectivity index (χ4v) is 3.86. The van der Waals surface area contributed by atoms with Crippen LogP contribution in [0.2, 0.25) is 0 Å². The molecule has 4 atom stereocenters. The van der Waals surface area contributed by atoms with Gasteiger partial charge in [-0.1, -0.05) is 6.92 Å². The summed E-state index contributed by atoms with van der Waals surface area (Å²) in [4.78, 5) is 50.9. The lowest BCUT2D eigenvalue weighted by Crippen LogP contribution is -2.52. The van der Waals surface area contributed by atoms with E-state index in [0.717, 1.165) is 6.42 Å². The van der Waals surface area contributed by atoms with Crippen molar-refractivity contribution in [2.24, 2.45) is 11.8 Å². The van der Waals surface area contributed by atoms with Crippen LogP contribution < -0.4 is 5.32 Å². The Morgan fingerprint density at radius 2 is 1.96 bits per heavy atom. The second kappa shape index (κ2) is 8.92. The minimum atomic E-state index is -0.902. The van der Waals surface area contributed by atoms with Crippen LogP contribution in [0.25, 0.3) is 0 Å². The van der Waals surface area contributed by atoms with Gasteiger partial charge in [0.15, 0.2) is 0 Å². The van der Waals surface area contributed by atoms with Crippen LogP contribution in [0.5, 0.6) is 0 Å². The molecule has 0 spiro atoms. The molecule has 28 heavy (non-hydrogen) atoms. The van der Waals surface area contributed by atoms with E-state index in [1.54, 1.807) is 20.8 Å². The third kappa shape index (κ3) is 5.69. The molecule has 1 saturated carbocycles. The summed E-state index contributed by atoms with van der Waals surface area (Å²) in [7, 11) is 1.25. The molecule has 0 aromatic heterocycles. The lowest BCUT2D eigenvalue weighted by molar-refractivity contribution is -0.146. The van der Waals surface area contributed by atoms with Crippen LogP contribution in [0.1, 0.15) is 59.8 Å². The zero-order valence-corrected chi connectivity index (χ0v) is 17.4. The molecule has 1 N–H and O–H groups in total. The highest BCUT2D eigenvalue weighted by Gasteiger charge is 2.41. The SMILES string of the molecule is COC(=O)[C@H](C[C@@H]1CCCC1=O)NC(=O)[C@@H]1C[C@@H](C)CN1C(=O)OC(C)(C)C. The highest BCUT2D eigenvalue weighted by molar-refractivity contribution is 5.91. The number of rotatable bonds is 5. The van der Waals surface area contributed by atoms with Gasteiger partial charge < -0.3 is 14.8 Å². The average molecular weight is 396 g/mol. The molecule has 0 unspecified atom stereocenters. The number of likely N-dealkylation sites (tertiary alicyclic amines) is 1. The lowest BCUT2D eigenvalue weighted by atomic mass is 9.97. The van der Waals surface area contributed by atoms with Crippen molar-refractivity contribution in [2.75, 3.05) is 13.7 Å². The first-order chi connectivity index (χ1) is 13.0. The zero-order valence-electron chi connectivity index (χ0n) is 17.4. The smallest absolute Gasteiger partial charge is 0.410 e. The van der Waals surface area contributed by atoms with Gasteiger partial charge in [0.25, 0.3) is 0 Å². The van der Waals surface area contributed by atoms with Crippen molar-refractivity contribution < 1.29 is 28.7 Å². The molecule has 8 heteroatoms. The van der Waals surface area contributed by atoms with E-state index < -0.39 is 35.7 Å². The van der Waals surface area contributed by atoms with Gasteiger partial charge in [-0.25, -0.2) is 9.59 Å². The van der Waals surface area contributed by atoms with Crippen molar-refractivity contribution in [2.45, 2.75) is 77.5 Å². The van der Waals surface area contributed by atoms with Gasteiger partial charge in [-0.15, -0.1) is 0 Å². The number of nitrogens with zero attached hydrogens (tertiary/aromatic N) is 1. The van der Waals surface area contributed by atoms with Crippen molar-refractivity contribution >= 4 is 23.8 Å². The van der Waals surface area contributed by atoms with E-state index in [1.807, 2.05) is 6.92 Å². The standard InChI is InChI=1S/C20H32N2O6/c1-12-9-15(22(11-12)19(26)28-20(2,3)4)17(24)21-14(18(25)27-5)10-13-7-6-8-16(13)23/h12-15H,6-11H2,1-5H3,(H,21,24)/t12-,13+,14+,15+/m1/s1. The number of nitrogens with one attached hydrogen (secondary N) is 1. The Labute approximate surface area is 166 Å². The van der Waals surface area contributed by atoms with Gasteiger partial charge in [0.1, 0.15) is 23.5 Å². The van der Waals surface area contributed by atoms with Crippen LogP contribution in [-0.2, 0) is 23.9 Å². The van der Waals surface area contributed by atoms with Crippen molar-refractivity contribution in [1.29, 1.82) is 0 Å². The summed E-state index contributed by atoms with van der Waals surface area (Å²) in [5.74, 6) is -0.989. The van der Waals surface area contributed by atoms with Crippen LogP contribution in [-0.4, -0.2) is 60.0 Å². The van der Waals surface area contributed by atoms with Gasteiger partial charge in [-0.05, 0) is 52.4 Å². The zero-order chi connectivity index (χ0) is 21.1. The highest BCUT2D eigenvalue weighted by atomic mass is 16.6. The molecule has 0 aromatic rings. The largest absolute Gasteiger partial charge is 0.467 e. The van der Waals surface area contributed by atoms with Gasteiger partial charge in [-0.2, -0.15) is 0 Å².